The van der Waals surface area contributed by atoms with Crippen LogP contribution >= 0.6 is 0 Å². The lowest BCUT2D eigenvalue weighted by Crippen LogP contribution is -2.33. The van der Waals surface area contributed by atoms with Gasteiger partial charge in [0, 0.05) is 34.2 Å². The molecule has 1 amide bonds. The number of ether oxygens (including phenoxy) is 1. The molecule has 42 heavy (non-hydrogen) atoms. The first kappa shape index (κ1) is 31.0. The van der Waals surface area contributed by atoms with E-state index in [0.717, 1.165) is 108 Å². The molecule has 1 aromatic carbocycles. The van der Waals surface area contributed by atoms with Crippen molar-refractivity contribution in [3.63, 3.8) is 0 Å². The third-order valence-corrected chi connectivity index (χ3v) is 9.85. The highest BCUT2D eigenvalue weighted by molar-refractivity contribution is 7.77. The van der Waals surface area contributed by atoms with Crippen molar-refractivity contribution in [1.29, 1.82) is 0 Å². The second-order valence-corrected chi connectivity index (χ2v) is 13.1. The number of hydrogen-bond acceptors (Lipinski definition) is 6. The highest BCUT2D eigenvalue weighted by Crippen LogP contribution is 2.47. The molecular formula is C31H40F3N2O5S-. The highest BCUT2D eigenvalue weighted by atomic mass is 32.2. The number of aromatic nitrogens is 1. The van der Waals surface area contributed by atoms with Crippen molar-refractivity contribution in [2.45, 2.75) is 109 Å². The maximum atomic E-state index is 13.1. The summed E-state index contributed by atoms with van der Waals surface area (Å²) in [6.07, 6.45) is 10.1. The predicted molar refractivity (Wildman–Crippen MR) is 151 cm³/mol. The van der Waals surface area contributed by atoms with E-state index in [1.807, 2.05) is 4.72 Å². The number of alkyl halides is 3. The second-order valence-electron chi connectivity index (χ2n) is 12.4. The monoisotopic (exact) mass is 609 g/mol. The van der Waals surface area contributed by atoms with Crippen LogP contribution in [0.25, 0.3) is 11.3 Å². The zero-order chi connectivity index (χ0) is 29.7. The van der Waals surface area contributed by atoms with Gasteiger partial charge in [-0.1, -0.05) is 81.5 Å². The molecule has 2 aromatic rings. The van der Waals surface area contributed by atoms with E-state index in [0.29, 0.717) is 34.9 Å². The molecule has 3 saturated carbocycles. The van der Waals surface area contributed by atoms with Crippen molar-refractivity contribution in [2.75, 3.05) is 0 Å². The molecular weight excluding hydrogens is 569 g/mol. The van der Waals surface area contributed by atoms with Crippen LogP contribution in [0.5, 0.6) is 5.75 Å². The first-order chi connectivity index (χ1) is 20.2. The molecule has 0 aliphatic heterocycles. The lowest BCUT2D eigenvalue weighted by molar-refractivity contribution is -0.274. The average Bonchev–Trinajstić information content (AvgIpc) is 3.65. The van der Waals surface area contributed by atoms with E-state index in [-0.39, 0.29) is 17.6 Å². The number of para-hydroxylation sites is 1. The summed E-state index contributed by atoms with van der Waals surface area (Å²) in [4.78, 5) is 12.2. The van der Waals surface area contributed by atoms with Crippen LogP contribution in [0.1, 0.15) is 107 Å². The number of carbonyl (C=O) groups is 1. The fourth-order valence-electron chi connectivity index (χ4n) is 7.30. The Balaban J connectivity index is 1.20. The number of rotatable bonds is 8. The molecule has 0 saturated heterocycles. The fourth-order valence-corrected chi connectivity index (χ4v) is 7.63. The Morgan fingerprint density at radius 3 is 2.12 bits per heavy atom. The van der Waals surface area contributed by atoms with Crippen LogP contribution in [-0.2, 0) is 22.5 Å². The van der Waals surface area contributed by atoms with E-state index in [9.17, 15) is 26.7 Å². The number of halogens is 3. The summed E-state index contributed by atoms with van der Waals surface area (Å²) >= 11 is -2.56. The summed E-state index contributed by atoms with van der Waals surface area (Å²) in [5.41, 5.74) is 1.73. The number of amides is 1. The van der Waals surface area contributed by atoms with Crippen LogP contribution in [0.4, 0.5) is 13.2 Å². The van der Waals surface area contributed by atoms with Crippen LogP contribution in [0, 0.1) is 23.7 Å². The zero-order valence-electron chi connectivity index (χ0n) is 23.8. The Hall–Kier alpha value is -2.40. The second kappa shape index (κ2) is 13.9. The van der Waals surface area contributed by atoms with Gasteiger partial charge < -0.3 is 13.8 Å². The van der Waals surface area contributed by atoms with Gasteiger partial charge in [-0.25, -0.2) is 0 Å². The molecule has 3 fully saturated rings. The van der Waals surface area contributed by atoms with Crippen LogP contribution < -0.4 is 9.46 Å². The summed E-state index contributed by atoms with van der Waals surface area (Å²) in [5, 5.41) is 4.29. The van der Waals surface area contributed by atoms with Crippen molar-refractivity contribution in [2.24, 2.45) is 23.7 Å². The first-order valence-electron chi connectivity index (χ1n) is 15.4. The minimum atomic E-state index is -4.79. The van der Waals surface area contributed by atoms with Crippen molar-refractivity contribution in [3.8, 4) is 17.0 Å². The molecule has 1 atom stereocenters. The molecule has 0 spiro atoms. The average molecular weight is 610 g/mol. The van der Waals surface area contributed by atoms with Gasteiger partial charge in [-0.05, 0) is 62.0 Å². The summed E-state index contributed by atoms with van der Waals surface area (Å²) in [6.45, 7) is 0. The van der Waals surface area contributed by atoms with Crippen molar-refractivity contribution >= 4 is 17.2 Å². The Morgan fingerprint density at radius 1 is 0.952 bits per heavy atom. The normalized spacial score (nSPS) is 26.8. The molecule has 1 aromatic heterocycles. The molecule has 0 radical (unpaired) electrons. The molecule has 0 bridgehead atoms. The third-order valence-electron chi connectivity index (χ3n) is 9.48. The van der Waals surface area contributed by atoms with E-state index in [1.165, 1.54) is 12.1 Å². The third kappa shape index (κ3) is 8.36. The van der Waals surface area contributed by atoms with Crippen LogP contribution in [0.2, 0.25) is 0 Å². The number of hydrogen-bond donors (Lipinski definition) is 1. The minimum Gasteiger partial charge on any atom is -0.755 e. The van der Waals surface area contributed by atoms with E-state index >= 15 is 0 Å². The molecule has 232 valence electrons. The summed E-state index contributed by atoms with van der Waals surface area (Å²) in [5.74, 6) is 1.97. The quantitative estimate of drug-likeness (QED) is 0.307. The van der Waals surface area contributed by atoms with Gasteiger partial charge in [0.15, 0.2) is 0 Å². The predicted octanol–water partition coefficient (Wildman–Crippen LogP) is 7.74. The molecule has 3 aliphatic rings. The van der Waals surface area contributed by atoms with E-state index in [4.69, 9.17) is 4.52 Å². The molecule has 3 aliphatic carbocycles. The van der Waals surface area contributed by atoms with E-state index in [2.05, 4.69) is 9.89 Å². The zero-order valence-corrected chi connectivity index (χ0v) is 24.6. The van der Waals surface area contributed by atoms with Crippen molar-refractivity contribution in [1.82, 2.24) is 9.88 Å². The molecule has 1 heterocycles. The van der Waals surface area contributed by atoms with Crippen molar-refractivity contribution < 1.29 is 36.0 Å². The van der Waals surface area contributed by atoms with Gasteiger partial charge in [0.05, 0.1) is 0 Å². The summed E-state index contributed by atoms with van der Waals surface area (Å²) in [7, 11) is 0. The van der Waals surface area contributed by atoms with Gasteiger partial charge in [0.2, 0.25) is 5.91 Å². The number of nitrogens with one attached hydrogen (secondary N) is 1. The van der Waals surface area contributed by atoms with Crippen LogP contribution in [0.3, 0.4) is 0 Å². The smallest absolute Gasteiger partial charge is 0.573 e. The van der Waals surface area contributed by atoms with Gasteiger partial charge >= 0.3 is 6.36 Å². The Labute approximate surface area is 247 Å². The first-order valence-corrected chi connectivity index (χ1v) is 16.5. The van der Waals surface area contributed by atoms with Gasteiger partial charge in [0.1, 0.15) is 17.2 Å². The van der Waals surface area contributed by atoms with Gasteiger partial charge in [-0.3, -0.25) is 13.7 Å². The van der Waals surface area contributed by atoms with Crippen molar-refractivity contribution in [3.05, 3.63) is 35.6 Å². The number of benzene rings is 1. The fraction of sp³-hybridized carbons (Fsp3) is 0.677. The SMILES string of the molecule is O=C(NS(=O)[O-])C1CCCC(C2CCCC(Cc3c(-c4ccccc4OC(F)(F)F)noc3C3CC3)CCC2)CCC1. The summed E-state index contributed by atoms with van der Waals surface area (Å²) < 4.78 is 73.2. The van der Waals surface area contributed by atoms with E-state index in [1.54, 1.807) is 12.1 Å². The standard InChI is InChI=1S/C31H41F3N2O5S/c32-31(33,34)40-27-16-2-1-15-25(27)28-26(29(41-35-28)23-17-18-23)19-20-7-3-9-21(10-4-8-20)22-11-5-13-24(14-6-12-22)30(37)36-42(38)39/h1-2,15-16,20-24H,3-14,17-19H2,(H,36,37)(H,38,39)/p-1. The van der Waals surface area contributed by atoms with Crippen LogP contribution in [-0.4, -0.2) is 26.2 Å². The lowest BCUT2D eigenvalue weighted by atomic mass is 9.73. The Kier molecular flexibility index (Phi) is 10.3. The number of carbonyl (C=O) groups excluding carboxylic acids is 1. The Bertz CT molecular complexity index is 1210. The molecule has 7 nitrogen and oxygen atoms in total. The summed E-state index contributed by atoms with van der Waals surface area (Å²) in [6, 6.07) is 6.17. The van der Waals surface area contributed by atoms with Gasteiger partial charge in [-0.15, -0.1) is 13.2 Å². The molecule has 1 unspecified atom stereocenters. The van der Waals surface area contributed by atoms with Crippen LogP contribution in [0.15, 0.2) is 28.8 Å². The largest absolute Gasteiger partial charge is 0.755 e. The molecule has 11 heteroatoms. The van der Waals surface area contributed by atoms with Gasteiger partial charge in [-0.2, -0.15) is 0 Å². The molecule has 5 rings (SSSR count). The minimum absolute atomic E-state index is 0.225. The lowest BCUT2D eigenvalue weighted by Gasteiger charge is -2.33. The number of nitrogens with zero attached hydrogens (tertiary/aromatic N) is 1. The Morgan fingerprint density at radius 2 is 1.55 bits per heavy atom. The molecule has 1 N–H and O–H groups in total. The van der Waals surface area contributed by atoms with E-state index < -0.39 is 17.6 Å². The maximum Gasteiger partial charge on any atom is 0.573 e. The van der Waals surface area contributed by atoms with Gasteiger partial charge in [0.25, 0.3) is 0 Å². The highest BCUT2D eigenvalue weighted by Gasteiger charge is 2.36. The topological polar surface area (TPSA) is 104 Å². The maximum absolute atomic E-state index is 13.1.